The Morgan fingerprint density at radius 2 is 1.69 bits per heavy atom. The van der Waals surface area contributed by atoms with Gasteiger partial charge in [-0.3, -0.25) is 14.4 Å². The minimum Gasteiger partial charge on any atom is -0.508 e. The molecule has 0 saturated carbocycles. The number of amides is 3. The summed E-state index contributed by atoms with van der Waals surface area (Å²) in [6, 6.07) is 1.87. The maximum Gasteiger partial charge on any atom is 0.326 e. The summed E-state index contributed by atoms with van der Waals surface area (Å²) >= 11 is 0. The molecule has 6 atom stereocenters. The number of aliphatic hydroxyl groups is 1. The number of aliphatic carboxylic acids is 1. The van der Waals surface area contributed by atoms with Crippen molar-refractivity contribution < 1.29 is 34.5 Å². The first kappa shape index (κ1) is 28.1. The number of carbonyl (C=O) groups is 4. The molecule has 1 heterocycles. The lowest BCUT2D eigenvalue weighted by atomic mass is 9.98. The topological polar surface area (TPSA) is 177 Å². The number of aliphatic hydroxyl groups excluding tert-OH is 1. The molecule has 6 unspecified atom stereocenters. The summed E-state index contributed by atoms with van der Waals surface area (Å²) in [5, 5.41) is 39.9. The van der Waals surface area contributed by atoms with Crippen LogP contribution in [-0.4, -0.2) is 75.8 Å². The number of carboxylic acids is 1. The van der Waals surface area contributed by atoms with Crippen molar-refractivity contribution >= 4 is 23.7 Å². The zero-order valence-corrected chi connectivity index (χ0v) is 20.3. The van der Waals surface area contributed by atoms with Gasteiger partial charge in [-0.05, 0) is 49.9 Å². The molecule has 0 aliphatic carbocycles. The molecule has 1 aliphatic rings. The van der Waals surface area contributed by atoms with Gasteiger partial charge in [-0.2, -0.15) is 0 Å². The average Bonchev–Trinajstić information content (AvgIpc) is 3.35. The van der Waals surface area contributed by atoms with Gasteiger partial charge in [-0.25, -0.2) is 4.79 Å². The smallest absolute Gasteiger partial charge is 0.326 e. The van der Waals surface area contributed by atoms with Gasteiger partial charge in [-0.15, -0.1) is 0 Å². The SMILES string of the molecule is CCC(C)C(NC(=O)C(Cc1ccc(O)cc1)NC(=O)C(NC(=O)C1CCCN1)C(C)O)C(=O)O. The van der Waals surface area contributed by atoms with Crippen molar-refractivity contribution in [2.24, 2.45) is 5.92 Å². The van der Waals surface area contributed by atoms with Crippen LogP contribution in [0.4, 0.5) is 0 Å². The Morgan fingerprint density at radius 3 is 2.20 bits per heavy atom. The lowest BCUT2D eigenvalue weighted by Crippen LogP contribution is -2.60. The molecular weight excluding hydrogens is 456 g/mol. The molecule has 1 aromatic rings. The Morgan fingerprint density at radius 1 is 1.03 bits per heavy atom. The maximum atomic E-state index is 13.1. The molecule has 11 nitrogen and oxygen atoms in total. The van der Waals surface area contributed by atoms with Gasteiger partial charge in [-0.1, -0.05) is 32.4 Å². The molecule has 1 aliphatic heterocycles. The summed E-state index contributed by atoms with van der Waals surface area (Å²) in [6.07, 6.45) is 0.689. The third kappa shape index (κ3) is 8.22. The van der Waals surface area contributed by atoms with Gasteiger partial charge >= 0.3 is 5.97 Å². The van der Waals surface area contributed by atoms with Crippen molar-refractivity contribution in [2.45, 2.75) is 76.7 Å². The largest absolute Gasteiger partial charge is 0.508 e. The number of carbonyl (C=O) groups excluding carboxylic acids is 3. The second kappa shape index (κ2) is 13.1. The molecule has 0 bridgehead atoms. The lowest BCUT2D eigenvalue weighted by Gasteiger charge is -2.27. The van der Waals surface area contributed by atoms with E-state index in [9.17, 15) is 34.5 Å². The van der Waals surface area contributed by atoms with Gasteiger partial charge in [0.15, 0.2) is 0 Å². The van der Waals surface area contributed by atoms with E-state index in [-0.39, 0.29) is 18.1 Å². The molecule has 0 spiro atoms. The number of benzene rings is 1. The summed E-state index contributed by atoms with van der Waals surface area (Å²) < 4.78 is 0. The van der Waals surface area contributed by atoms with E-state index >= 15 is 0 Å². The molecule has 11 heteroatoms. The van der Waals surface area contributed by atoms with Gasteiger partial charge in [0.25, 0.3) is 0 Å². The summed E-state index contributed by atoms with van der Waals surface area (Å²) in [5.41, 5.74) is 0.603. The number of rotatable bonds is 12. The van der Waals surface area contributed by atoms with Crippen LogP contribution in [-0.2, 0) is 25.6 Å². The Labute approximate surface area is 204 Å². The summed E-state index contributed by atoms with van der Waals surface area (Å²) in [5.74, 6) is -3.44. The predicted molar refractivity (Wildman–Crippen MR) is 127 cm³/mol. The van der Waals surface area contributed by atoms with E-state index < -0.39 is 54.0 Å². The molecule has 3 amide bonds. The van der Waals surface area contributed by atoms with Crippen LogP contribution in [0, 0.1) is 5.92 Å². The minimum atomic E-state index is -1.31. The van der Waals surface area contributed by atoms with Gasteiger partial charge in [0.05, 0.1) is 12.1 Å². The Balaban J connectivity index is 2.22. The van der Waals surface area contributed by atoms with Crippen LogP contribution >= 0.6 is 0 Å². The van der Waals surface area contributed by atoms with Crippen LogP contribution in [0.1, 0.15) is 45.6 Å². The highest BCUT2D eigenvalue weighted by Gasteiger charge is 2.34. The zero-order valence-electron chi connectivity index (χ0n) is 20.3. The molecule has 0 radical (unpaired) electrons. The Bertz CT molecular complexity index is 884. The highest BCUT2D eigenvalue weighted by Crippen LogP contribution is 2.13. The third-order valence-corrected chi connectivity index (χ3v) is 6.23. The first-order valence-corrected chi connectivity index (χ1v) is 11.9. The fraction of sp³-hybridized carbons (Fsp3) is 0.583. The van der Waals surface area contributed by atoms with Crippen molar-refractivity contribution in [1.29, 1.82) is 0 Å². The van der Waals surface area contributed by atoms with Crippen molar-refractivity contribution in [3.05, 3.63) is 29.8 Å². The van der Waals surface area contributed by atoms with E-state index in [0.717, 1.165) is 6.42 Å². The number of hydrogen-bond donors (Lipinski definition) is 7. The van der Waals surface area contributed by atoms with E-state index in [1.807, 2.05) is 0 Å². The van der Waals surface area contributed by atoms with Crippen LogP contribution in [0.2, 0.25) is 0 Å². The first-order valence-electron chi connectivity index (χ1n) is 11.9. The molecule has 1 aromatic carbocycles. The van der Waals surface area contributed by atoms with Crippen LogP contribution in [0.25, 0.3) is 0 Å². The average molecular weight is 493 g/mol. The van der Waals surface area contributed by atoms with Crippen LogP contribution in [0.15, 0.2) is 24.3 Å². The van der Waals surface area contributed by atoms with Crippen molar-refractivity contribution in [1.82, 2.24) is 21.3 Å². The second-order valence-corrected chi connectivity index (χ2v) is 9.02. The Kier molecular flexibility index (Phi) is 10.5. The lowest BCUT2D eigenvalue weighted by molar-refractivity contribution is -0.144. The maximum absolute atomic E-state index is 13.1. The third-order valence-electron chi connectivity index (χ3n) is 6.23. The monoisotopic (exact) mass is 492 g/mol. The molecule has 1 saturated heterocycles. The van der Waals surface area contributed by atoms with Crippen molar-refractivity contribution in [3.63, 3.8) is 0 Å². The van der Waals surface area contributed by atoms with E-state index in [1.54, 1.807) is 26.0 Å². The summed E-state index contributed by atoms with van der Waals surface area (Å²) in [6.45, 7) is 5.53. The van der Waals surface area contributed by atoms with Gasteiger partial charge in [0.1, 0.15) is 23.9 Å². The number of phenols is 1. The first-order chi connectivity index (χ1) is 16.5. The number of carboxylic acid groups (broad SMARTS) is 1. The number of aromatic hydroxyl groups is 1. The van der Waals surface area contributed by atoms with Gasteiger partial charge in [0.2, 0.25) is 17.7 Å². The predicted octanol–water partition coefficient (Wildman–Crippen LogP) is -0.347. The van der Waals surface area contributed by atoms with E-state index in [4.69, 9.17) is 0 Å². The fourth-order valence-electron chi connectivity index (χ4n) is 3.84. The van der Waals surface area contributed by atoms with E-state index in [0.29, 0.717) is 24.9 Å². The van der Waals surface area contributed by atoms with Gasteiger partial charge < -0.3 is 36.6 Å². The van der Waals surface area contributed by atoms with Crippen LogP contribution < -0.4 is 21.3 Å². The second-order valence-electron chi connectivity index (χ2n) is 9.02. The Hall–Kier alpha value is -3.18. The highest BCUT2D eigenvalue weighted by molar-refractivity contribution is 5.94. The molecule has 7 N–H and O–H groups in total. The number of phenolic OH excluding ortho intramolecular Hbond substituents is 1. The molecule has 0 aromatic heterocycles. The zero-order chi connectivity index (χ0) is 26.1. The van der Waals surface area contributed by atoms with Crippen molar-refractivity contribution in [2.75, 3.05) is 6.54 Å². The molecular formula is C24H36N4O7. The van der Waals surface area contributed by atoms with E-state index in [2.05, 4.69) is 21.3 Å². The fourth-order valence-corrected chi connectivity index (χ4v) is 3.84. The number of hydrogen-bond acceptors (Lipinski definition) is 7. The molecule has 1 fully saturated rings. The normalized spacial score (nSPS) is 19.6. The standard InChI is InChI=1S/C24H36N4O7/c1-4-13(2)19(24(34)35)27-22(32)18(12-15-7-9-16(30)10-8-15)26-23(33)20(14(3)29)28-21(31)17-6-5-11-25-17/h7-10,13-14,17-20,25,29-30H,4-6,11-12H2,1-3H3,(H,26,33)(H,27,32)(H,28,31)(H,34,35). The van der Waals surface area contributed by atoms with Crippen LogP contribution in [0.3, 0.4) is 0 Å². The van der Waals surface area contributed by atoms with Crippen LogP contribution in [0.5, 0.6) is 5.75 Å². The minimum absolute atomic E-state index is 0.00461. The quantitative estimate of drug-likeness (QED) is 0.207. The van der Waals surface area contributed by atoms with E-state index in [1.165, 1.54) is 19.1 Å². The molecule has 35 heavy (non-hydrogen) atoms. The highest BCUT2D eigenvalue weighted by atomic mass is 16.4. The molecule has 2 rings (SSSR count). The summed E-state index contributed by atoms with van der Waals surface area (Å²) in [7, 11) is 0. The van der Waals surface area contributed by atoms with Gasteiger partial charge in [0, 0.05) is 6.42 Å². The van der Waals surface area contributed by atoms with Crippen molar-refractivity contribution in [3.8, 4) is 5.75 Å². The summed E-state index contributed by atoms with van der Waals surface area (Å²) in [4.78, 5) is 50.4. The molecule has 194 valence electrons. The number of nitrogens with one attached hydrogen (secondary N) is 4.